The lowest BCUT2D eigenvalue weighted by molar-refractivity contribution is -0.384. The number of aliphatic hydroxyl groups excluding tert-OH is 1. The molecule has 0 fully saturated rings. The molecule has 0 bridgehead atoms. The second-order valence-corrected chi connectivity index (χ2v) is 5.17. The van der Waals surface area contributed by atoms with E-state index >= 15 is 0 Å². The Morgan fingerprint density at radius 2 is 1.73 bits per heavy atom. The van der Waals surface area contributed by atoms with Gasteiger partial charge in [0.25, 0.3) is 11.6 Å². The van der Waals surface area contributed by atoms with Gasteiger partial charge in [-0.15, -0.1) is 0 Å². The molecule has 26 heavy (non-hydrogen) atoms. The molecule has 0 saturated heterocycles. The van der Waals surface area contributed by atoms with E-state index in [0.29, 0.717) is 5.56 Å². The molecule has 0 aliphatic heterocycles. The number of hydrogen-bond donors (Lipinski definition) is 4. The van der Waals surface area contributed by atoms with Crippen LogP contribution in [0, 0.1) is 22.0 Å². The fraction of sp³-hybridized carbons (Fsp3) is 0.167. The molecule has 0 radical (unpaired) electrons. The quantitative estimate of drug-likeness (QED) is 0.282. The zero-order chi connectivity index (χ0) is 19.5. The monoisotopic (exact) mass is 357 g/mol. The largest absolute Gasteiger partial charge is 0.391 e. The van der Waals surface area contributed by atoms with Crippen molar-refractivity contribution >= 4 is 11.6 Å². The van der Waals surface area contributed by atoms with Crippen LogP contribution in [0.25, 0.3) is 0 Å². The van der Waals surface area contributed by atoms with E-state index < -0.39 is 23.0 Å². The van der Waals surface area contributed by atoms with Crippen molar-refractivity contribution in [3.05, 3.63) is 75.8 Å². The number of nitro benzene ring substituents is 1. The summed E-state index contributed by atoms with van der Waals surface area (Å²) >= 11 is 0. The molecule has 8 heteroatoms. The second-order valence-electron chi connectivity index (χ2n) is 5.17. The second kappa shape index (κ2) is 10.6. The molecule has 1 amide bonds. The zero-order valence-corrected chi connectivity index (χ0v) is 14.0. The van der Waals surface area contributed by atoms with Gasteiger partial charge < -0.3 is 10.8 Å². The minimum atomic E-state index is -1.06. The SMILES string of the molecule is CC(O)C(N)C(=O)NO.O=[N+]([O-])c1cccc(C#Cc2ccccc2)c1. The van der Waals surface area contributed by atoms with Crippen molar-refractivity contribution in [2.24, 2.45) is 5.73 Å². The summed E-state index contributed by atoms with van der Waals surface area (Å²) in [5.74, 6) is 5.07. The van der Waals surface area contributed by atoms with Crippen LogP contribution in [0.2, 0.25) is 0 Å². The van der Waals surface area contributed by atoms with Gasteiger partial charge in [-0.2, -0.15) is 0 Å². The first-order valence-corrected chi connectivity index (χ1v) is 7.54. The number of hydrogen-bond acceptors (Lipinski definition) is 6. The van der Waals surface area contributed by atoms with Gasteiger partial charge in [0.15, 0.2) is 0 Å². The van der Waals surface area contributed by atoms with E-state index in [2.05, 4.69) is 11.8 Å². The lowest BCUT2D eigenvalue weighted by Gasteiger charge is -2.10. The van der Waals surface area contributed by atoms with Gasteiger partial charge in [0.1, 0.15) is 6.04 Å². The summed E-state index contributed by atoms with van der Waals surface area (Å²) < 4.78 is 0. The molecule has 0 aromatic heterocycles. The first-order valence-electron chi connectivity index (χ1n) is 7.54. The molecule has 2 aromatic rings. The molecule has 2 atom stereocenters. The number of nitrogens with two attached hydrogens (primary N) is 1. The average Bonchev–Trinajstić information content (AvgIpc) is 2.66. The van der Waals surface area contributed by atoms with Crippen LogP contribution in [0.3, 0.4) is 0 Å². The van der Waals surface area contributed by atoms with Crippen LogP contribution in [0.1, 0.15) is 18.1 Å². The van der Waals surface area contributed by atoms with E-state index in [-0.39, 0.29) is 5.69 Å². The van der Waals surface area contributed by atoms with Crippen molar-refractivity contribution in [2.45, 2.75) is 19.1 Å². The Bertz CT molecular complexity index is 797. The Balaban J connectivity index is 0.000000321. The van der Waals surface area contributed by atoms with E-state index in [1.165, 1.54) is 24.5 Å². The molecule has 0 spiro atoms. The van der Waals surface area contributed by atoms with Crippen molar-refractivity contribution < 1.29 is 20.0 Å². The van der Waals surface area contributed by atoms with Crippen molar-refractivity contribution in [2.75, 3.05) is 0 Å². The number of nitro groups is 1. The summed E-state index contributed by atoms with van der Waals surface area (Å²) in [6, 6.07) is 14.7. The molecule has 2 unspecified atom stereocenters. The third kappa shape index (κ3) is 7.11. The van der Waals surface area contributed by atoms with Crippen LogP contribution >= 0.6 is 0 Å². The van der Waals surface area contributed by atoms with Gasteiger partial charge in [-0.25, -0.2) is 5.48 Å². The minimum absolute atomic E-state index is 0.0601. The lowest BCUT2D eigenvalue weighted by atomic mass is 10.1. The molecule has 136 valence electrons. The highest BCUT2D eigenvalue weighted by Gasteiger charge is 2.17. The number of aliphatic hydroxyl groups is 1. The molecule has 0 aliphatic rings. The Kier molecular flexibility index (Phi) is 8.46. The predicted octanol–water partition coefficient (Wildman–Crippen LogP) is 1.19. The molecular formula is C18H19N3O5. The fourth-order valence-electron chi connectivity index (χ4n) is 1.66. The minimum Gasteiger partial charge on any atom is -0.391 e. The van der Waals surface area contributed by atoms with E-state index in [0.717, 1.165) is 5.56 Å². The van der Waals surface area contributed by atoms with Crippen LogP contribution < -0.4 is 11.2 Å². The first kappa shape index (κ1) is 20.8. The summed E-state index contributed by atoms with van der Waals surface area (Å²) in [7, 11) is 0. The van der Waals surface area contributed by atoms with Gasteiger partial charge >= 0.3 is 0 Å². The summed E-state index contributed by atoms with van der Waals surface area (Å²) in [6.07, 6.45) is -0.947. The molecule has 0 heterocycles. The Morgan fingerprint density at radius 1 is 1.15 bits per heavy atom. The Hall–Kier alpha value is -3.25. The maximum atomic E-state index is 10.6. The van der Waals surface area contributed by atoms with Gasteiger partial charge in [0.05, 0.1) is 11.0 Å². The Labute approximate surface area is 150 Å². The van der Waals surface area contributed by atoms with Crippen LogP contribution in [0.15, 0.2) is 54.6 Å². The number of nitrogens with zero attached hydrogens (tertiary/aromatic N) is 1. The molecule has 2 aromatic carbocycles. The number of carbonyl (C=O) groups is 1. The van der Waals surface area contributed by atoms with E-state index in [9.17, 15) is 14.9 Å². The average molecular weight is 357 g/mol. The maximum absolute atomic E-state index is 10.6. The van der Waals surface area contributed by atoms with Crippen molar-refractivity contribution in [1.82, 2.24) is 5.48 Å². The highest BCUT2D eigenvalue weighted by atomic mass is 16.6. The highest BCUT2D eigenvalue weighted by Crippen LogP contribution is 2.12. The summed E-state index contributed by atoms with van der Waals surface area (Å²) in [4.78, 5) is 20.5. The van der Waals surface area contributed by atoms with Gasteiger partial charge in [0, 0.05) is 23.3 Å². The number of non-ortho nitro benzene ring substituents is 1. The molecule has 8 nitrogen and oxygen atoms in total. The Morgan fingerprint density at radius 3 is 2.23 bits per heavy atom. The molecule has 0 saturated carbocycles. The number of hydroxylamine groups is 1. The smallest absolute Gasteiger partial charge is 0.270 e. The third-order valence-corrected chi connectivity index (χ3v) is 3.11. The number of benzene rings is 2. The maximum Gasteiger partial charge on any atom is 0.270 e. The molecular weight excluding hydrogens is 338 g/mol. The number of carbonyl (C=O) groups excluding carboxylic acids is 1. The van der Waals surface area contributed by atoms with Crippen molar-refractivity contribution in [1.29, 1.82) is 0 Å². The highest BCUT2D eigenvalue weighted by molar-refractivity contribution is 5.80. The van der Waals surface area contributed by atoms with Crippen LogP contribution in [0.5, 0.6) is 0 Å². The van der Waals surface area contributed by atoms with Gasteiger partial charge in [0.2, 0.25) is 0 Å². The first-order chi connectivity index (χ1) is 12.3. The van der Waals surface area contributed by atoms with Crippen molar-refractivity contribution in [3.63, 3.8) is 0 Å². The van der Waals surface area contributed by atoms with Crippen molar-refractivity contribution in [3.8, 4) is 11.8 Å². The van der Waals surface area contributed by atoms with Crippen LogP contribution in [-0.2, 0) is 4.79 Å². The van der Waals surface area contributed by atoms with Crippen LogP contribution in [-0.4, -0.2) is 33.3 Å². The standard InChI is InChI=1S/C14H9NO2.C4H10N2O3/c16-15(17)14-8-4-7-13(11-14)10-9-12-5-2-1-3-6-12;1-2(7)3(5)4(8)6-9/h1-8,11H;2-3,7,9H,5H2,1H3,(H,6,8). The van der Waals surface area contributed by atoms with E-state index in [4.69, 9.17) is 16.0 Å². The number of amides is 1. The zero-order valence-electron chi connectivity index (χ0n) is 14.0. The molecule has 0 aliphatic carbocycles. The summed E-state index contributed by atoms with van der Waals surface area (Å²) in [6.45, 7) is 1.36. The predicted molar refractivity (Wildman–Crippen MR) is 95.1 cm³/mol. The van der Waals surface area contributed by atoms with E-state index in [1.54, 1.807) is 12.1 Å². The third-order valence-electron chi connectivity index (χ3n) is 3.11. The van der Waals surface area contributed by atoms with Gasteiger partial charge in [-0.3, -0.25) is 20.1 Å². The number of nitrogens with one attached hydrogen (secondary N) is 1. The lowest BCUT2D eigenvalue weighted by Crippen LogP contribution is -2.46. The van der Waals surface area contributed by atoms with E-state index in [1.807, 2.05) is 30.3 Å². The number of rotatable bonds is 3. The fourth-order valence-corrected chi connectivity index (χ4v) is 1.66. The topological polar surface area (TPSA) is 139 Å². The van der Waals surface area contributed by atoms with Gasteiger partial charge in [-0.05, 0) is 25.1 Å². The molecule has 2 rings (SSSR count). The van der Waals surface area contributed by atoms with Crippen LogP contribution in [0.4, 0.5) is 5.69 Å². The van der Waals surface area contributed by atoms with Gasteiger partial charge in [-0.1, -0.05) is 36.1 Å². The summed E-state index contributed by atoms with van der Waals surface area (Å²) in [5.41, 5.74) is 7.96. The normalized spacial score (nSPS) is 11.7. The molecule has 5 N–H and O–H groups in total. The summed E-state index contributed by atoms with van der Waals surface area (Å²) in [5, 5.41) is 27.2.